The number of rotatable bonds is 5. The number of benzene rings is 1. The molecule has 0 radical (unpaired) electrons. The van der Waals surface area contributed by atoms with Crippen LogP contribution in [0.3, 0.4) is 0 Å². The number of hydrogen-bond donors (Lipinski definition) is 0. The van der Waals surface area contributed by atoms with Crippen LogP contribution in [0.1, 0.15) is 26.3 Å². The smallest absolute Gasteiger partial charge is 0.414 e. The number of ether oxygens (including phenoxy) is 2. The van der Waals surface area contributed by atoms with Gasteiger partial charge in [-0.15, -0.1) is 0 Å². The lowest BCUT2D eigenvalue weighted by Gasteiger charge is -2.24. The number of amides is 1. The fourth-order valence-electron chi connectivity index (χ4n) is 1.84. The van der Waals surface area contributed by atoms with Crippen LogP contribution in [0.25, 0.3) is 0 Å². The Balaban J connectivity index is 2.98. The first-order chi connectivity index (χ1) is 10.1. The van der Waals surface area contributed by atoms with Crippen molar-refractivity contribution in [3.05, 3.63) is 23.8 Å². The third-order valence-electron chi connectivity index (χ3n) is 3.13. The first kappa shape index (κ1) is 18.3. The van der Waals surface area contributed by atoms with Gasteiger partial charge in [-0.3, -0.25) is 0 Å². The first-order valence-electron chi connectivity index (χ1n) is 7.42. The third-order valence-corrected chi connectivity index (χ3v) is 3.13. The molecular formula is C17H28N2O3. The predicted octanol–water partition coefficient (Wildman–Crippen LogP) is 2.98. The van der Waals surface area contributed by atoms with E-state index >= 15 is 0 Å². The summed E-state index contributed by atoms with van der Waals surface area (Å²) < 4.78 is 11.2. The molecule has 0 heterocycles. The van der Waals surface area contributed by atoms with Gasteiger partial charge in [-0.05, 0) is 31.1 Å². The number of nitrogens with zero attached hydrogens (tertiary/aromatic N) is 2. The van der Waals surface area contributed by atoms with Crippen LogP contribution in [0.5, 0.6) is 11.5 Å². The number of carbonyl (C=O) groups is 1. The van der Waals surface area contributed by atoms with Gasteiger partial charge in [-0.1, -0.05) is 26.8 Å². The Hall–Kier alpha value is -1.75. The van der Waals surface area contributed by atoms with E-state index in [1.54, 1.807) is 26.2 Å². The number of carbonyl (C=O) groups excluding carboxylic acids is 1. The molecule has 5 nitrogen and oxygen atoms in total. The van der Waals surface area contributed by atoms with Gasteiger partial charge in [-0.2, -0.15) is 0 Å². The van der Waals surface area contributed by atoms with Crippen molar-refractivity contribution >= 4 is 6.09 Å². The van der Waals surface area contributed by atoms with Crippen molar-refractivity contribution in [1.82, 2.24) is 9.80 Å². The lowest BCUT2D eigenvalue weighted by molar-refractivity contribution is 0.171. The molecule has 1 aromatic rings. The standard InChI is InChI=1S/C17H28N2O3/c1-17(2,3)14-9-8-13(22-16(20)19(6)7)12-15(14)21-11-10-18(4)5/h8-9,12H,10-11H2,1-7H3. The highest BCUT2D eigenvalue weighted by Crippen LogP contribution is 2.34. The molecule has 0 aromatic heterocycles. The van der Waals surface area contributed by atoms with Crippen molar-refractivity contribution in [3.8, 4) is 11.5 Å². The Morgan fingerprint density at radius 1 is 1.14 bits per heavy atom. The highest BCUT2D eigenvalue weighted by atomic mass is 16.6. The fourth-order valence-corrected chi connectivity index (χ4v) is 1.84. The Bertz CT molecular complexity index is 505. The van der Waals surface area contributed by atoms with Crippen LogP contribution in [0.2, 0.25) is 0 Å². The lowest BCUT2D eigenvalue weighted by Crippen LogP contribution is -2.25. The van der Waals surface area contributed by atoms with Crippen molar-refractivity contribution in [2.24, 2.45) is 0 Å². The second-order valence-corrected chi connectivity index (χ2v) is 6.82. The van der Waals surface area contributed by atoms with E-state index in [2.05, 4.69) is 25.7 Å². The summed E-state index contributed by atoms with van der Waals surface area (Å²) >= 11 is 0. The van der Waals surface area contributed by atoms with Gasteiger partial charge in [0.05, 0.1) is 0 Å². The maximum atomic E-state index is 11.7. The highest BCUT2D eigenvalue weighted by Gasteiger charge is 2.20. The van der Waals surface area contributed by atoms with Gasteiger partial charge in [0.1, 0.15) is 18.1 Å². The molecule has 0 aliphatic rings. The minimum Gasteiger partial charge on any atom is -0.492 e. The minimum atomic E-state index is -0.400. The van der Waals surface area contributed by atoms with Gasteiger partial charge in [0, 0.05) is 26.7 Å². The number of hydrogen-bond acceptors (Lipinski definition) is 4. The Kier molecular flexibility index (Phi) is 6.23. The van der Waals surface area contributed by atoms with Crippen molar-refractivity contribution in [2.45, 2.75) is 26.2 Å². The molecule has 1 aromatic carbocycles. The average Bonchev–Trinajstić information content (AvgIpc) is 2.36. The fraction of sp³-hybridized carbons (Fsp3) is 0.588. The summed E-state index contributed by atoms with van der Waals surface area (Å²) in [5.41, 5.74) is 1.05. The maximum absolute atomic E-state index is 11.7. The highest BCUT2D eigenvalue weighted by molar-refractivity contribution is 5.70. The molecule has 22 heavy (non-hydrogen) atoms. The van der Waals surface area contributed by atoms with Crippen molar-refractivity contribution in [1.29, 1.82) is 0 Å². The van der Waals surface area contributed by atoms with Gasteiger partial charge in [0.2, 0.25) is 0 Å². The molecule has 0 fully saturated rings. The molecule has 1 amide bonds. The molecule has 0 spiro atoms. The largest absolute Gasteiger partial charge is 0.492 e. The molecular weight excluding hydrogens is 280 g/mol. The van der Waals surface area contributed by atoms with E-state index < -0.39 is 6.09 Å². The topological polar surface area (TPSA) is 42.0 Å². The zero-order valence-electron chi connectivity index (χ0n) is 14.8. The summed E-state index contributed by atoms with van der Waals surface area (Å²) in [6.07, 6.45) is -0.400. The zero-order chi connectivity index (χ0) is 16.9. The van der Waals surface area contributed by atoms with Gasteiger partial charge in [0.25, 0.3) is 0 Å². The Morgan fingerprint density at radius 3 is 2.27 bits per heavy atom. The average molecular weight is 308 g/mol. The summed E-state index contributed by atoms with van der Waals surface area (Å²) in [7, 11) is 7.31. The first-order valence-corrected chi connectivity index (χ1v) is 7.42. The van der Waals surface area contributed by atoms with Crippen LogP contribution >= 0.6 is 0 Å². The Morgan fingerprint density at radius 2 is 1.77 bits per heavy atom. The molecule has 0 aliphatic carbocycles. The van der Waals surface area contributed by atoms with Crippen molar-refractivity contribution in [2.75, 3.05) is 41.3 Å². The quantitative estimate of drug-likeness (QED) is 0.838. The van der Waals surface area contributed by atoms with E-state index in [-0.39, 0.29) is 5.41 Å². The van der Waals surface area contributed by atoms with E-state index in [0.717, 1.165) is 17.9 Å². The van der Waals surface area contributed by atoms with Gasteiger partial charge < -0.3 is 19.3 Å². The van der Waals surface area contributed by atoms with E-state index in [1.807, 2.05) is 20.2 Å². The SMILES string of the molecule is CN(C)CCOc1cc(OC(=O)N(C)C)ccc1C(C)(C)C. The second kappa shape index (κ2) is 7.49. The molecule has 0 bridgehead atoms. The van der Waals surface area contributed by atoms with Crippen LogP contribution in [-0.4, -0.2) is 57.2 Å². The molecule has 0 saturated carbocycles. The van der Waals surface area contributed by atoms with E-state index in [1.165, 1.54) is 4.90 Å². The van der Waals surface area contributed by atoms with Gasteiger partial charge >= 0.3 is 6.09 Å². The minimum absolute atomic E-state index is 0.0441. The van der Waals surface area contributed by atoms with E-state index in [0.29, 0.717) is 12.4 Å². The summed E-state index contributed by atoms with van der Waals surface area (Å²) in [6.45, 7) is 7.80. The van der Waals surface area contributed by atoms with E-state index in [9.17, 15) is 4.79 Å². The molecule has 0 aliphatic heterocycles. The predicted molar refractivity (Wildman–Crippen MR) is 88.9 cm³/mol. The molecule has 0 saturated heterocycles. The molecule has 124 valence electrons. The van der Waals surface area contributed by atoms with E-state index in [4.69, 9.17) is 9.47 Å². The summed E-state index contributed by atoms with van der Waals surface area (Å²) in [5, 5.41) is 0. The van der Waals surface area contributed by atoms with Crippen molar-refractivity contribution < 1.29 is 14.3 Å². The van der Waals surface area contributed by atoms with Gasteiger partial charge in [-0.25, -0.2) is 4.79 Å². The third kappa shape index (κ3) is 5.56. The normalized spacial score (nSPS) is 11.5. The van der Waals surface area contributed by atoms with Crippen molar-refractivity contribution in [3.63, 3.8) is 0 Å². The van der Waals surface area contributed by atoms with Gasteiger partial charge in [0.15, 0.2) is 0 Å². The number of likely N-dealkylation sites (N-methyl/N-ethyl adjacent to an activating group) is 1. The molecule has 0 atom stereocenters. The molecule has 1 rings (SSSR count). The monoisotopic (exact) mass is 308 g/mol. The second-order valence-electron chi connectivity index (χ2n) is 6.82. The summed E-state index contributed by atoms with van der Waals surface area (Å²) in [5.74, 6) is 1.25. The Labute approximate surface area is 133 Å². The van der Waals surface area contributed by atoms with Crippen LogP contribution < -0.4 is 9.47 Å². The van der Waals surface area contributed by atoms with Crippen LogP contribution in [0, 0.1) is 0 Å². The van der Waals surface area contributed by atoms with Crippen LogP contribution in [0.4, 0.5) is 4.79 Å². The molecule has 0 N–H and O–H groups in total. The zero-order valence-corrected chi connectivity index (χ0v) is 14.8. The summed E-state index contributed by atoms with van der Waals surface area (Å²) in [4.78, 5) is 15.1. The van der Waals surface area contributed by atoms with Crippen LogP contribution in [-0.2, 0) is 5.41 Å². The molecule has 0 unspecified atom stereocenters. The lowest BCUT2D eigenvalue weighted by atomic mass is 9.86. The molecule has 5 heteroatoms. The maximum Gasteiger partial charge on any atom is 0.414 e. The summed E-state index contributed by atoms with van der Waals surface area (Å²) in [6, 6.07) is 5.56. The van der Waals surface area contributed by atoms with Crippen LogP contribution in [0.15, 0.2) is 18.2 Å².